The first-order valence-electron chi connectivity index (χ1n) is 4.10. The molecule has 78 valence electrons. The van der Waals surface area contributed by atoms with Gasteiger partial charge in [-0.25, -0.2) is 0 Å². The van der Waals surface area contributed by atoms with Gasteiger partial charge >= 0.3 is 0 Å². The van der Waals surface area contributed by atoms with Gasteiger partial charge in [0.2, 0.25) is 0 Å². The van der Waals surface area contributed by atoms with Gasteiger partial charge in [-0.3, -0.25) is 10.1 Å². The Morgan fingerprint density at radius 3 is 2.14 bits per heavy atom. The molecule has 0 saturated carbocycles. The minimum absolute atomic E-state index is 0. The third-order valence-electron chi connectivity index (χ3n) is 1.53. The van der Waals surface area contributed by atoms with Crippen LogP contribution >= 0.6 is 12.4 Å². The Bertz CT molecular complexity index is 298. The Balaban J connectivity index is 0.00000169. The van der Waals surface area contributed by atoms with Gasteiger partial charge in [-0.15, -0.1) is 12.4 Å². The van der Waals surface area contributed by atoms with E-state index in [1.807, 2.05) is 13.8 Å². The number of nitro groups is 1. The van der Waals surface area contributed by atoms with Crippen LogP contribution in [0.15, 0.2) is 24.3 Å². The monoisotopic (exact) mass is 216 g/mol. The summed E-state index contributed by atoms with van der Waals surface area (Å²) in [6.07, 6.45) is 0. The van der Waals surface area contributed by atoms with E-state index >= 15 is 0 Å². The van der Waals surface area contributed by atoms with E-state index in [1.165, 1.54) is 12.1 Å². The minimum atomic E-state index is -0.404. The molecule has 0 fully saturated rings. The van der Waals surface area contributed by atoms with Crippen LogP contribution in [0.25, 0.3) is 0 Å². The quantitative estimate of drug-likeness (QED) is 0.625. The molecule has 0 saturated heterocycles. The second kappa shape index (κ2) is 5.44. The third-order valence-corrected chi connectivity index (χ3v) is 1.53. The van der Waals surface area contributed by atoms with Crippen molar-refractivity contribution in [3.05, 3.63) is 34.4 Å². The van der Waals surface area contributed by atoms with Crippen LogP contribution in [0.3, 0.4) is 0 Å². The van der Waals surface area contributed by atoms with Gasteiger partial charge in [0.15, 0.2) is 0 Å². The molecule has 0 aliphatic carbocycles. The summed E-state index contributed by atoms with van der Waals surface area (Å²) in [6.45, 7) is 4.03. The van der Waals surface area contributed by atoms with E-state index in [1.54, 1.807) is 12.1 Å². The van der Waals surface area contributed by atoms with Crippen LogP contribution in [0.1, 0.15) is 13.8 Å². The summed E-state index contributed by atoms with van der Waals surface area (Å²) in [5.41, 5.74) is 1.02. The van der Waals surface area contributed by atoms with Crippen molar-refractivity contribution >= 4 is 23.8 Å². The molecule has 0 spiro atoms. The van der Waals surface area contributed by atoms with Crippen LogP contribution in [-0.2, 0) is 0 Å². The Morgan fingerprint density at radius 2 is 1.79 bits per heavy atom. The molecule has 1 aromatic rings. The molecule has 0 radical (unpaired) electrons. The average molecular weight is 217 g/mol. The lowest BCUT2D eigenvalue weighted by atomic mass is 10.2. The van der Waals surface area contributed by atoms with Crippen LogP contribution < -0.4 is 5.32 Å². The van der Waals surface area contributed by atoms with Crippen molar-refractivity contribution in [2.45, 2.75) is 19.9 Å². The molecule has 1 aromatic carbocycles. The lowest BCUT2D eigenvalue weighted by molar-refractivity contribution is -0.384. The highest BCUT2D eigenvalue weighted by atomic mass is 35.5. The van der Waals surface area contributed by atoms with Gasteiger partial charge in [0, 0.05) is 23.9 Å². The average Bonchev–Trinajstić information content (AvgIpc) is 2.04. The topological polar surface area (TPSA) is 55.2 Å². The zero-order valence-electron chi connectivity index (χ0n) is 8.06. The number of nitro benzene ring substituents is 1. The first-order chi connectivity index (χ1) is 6.09. The molecule has 0 unspecified atom stereocenters. The predicted molar refractivity (Wildman–Crippen MR) is 59.1 cm³/mol. The fourth-order valence-corrected chi connectivity index (χ4v) is 1.01. The van der Waals surface area contributed by atoms with Crippen molar-refractivity contribution in [1.29, 1.82) is 0 Å². The zero-order chi connectivity index (χ0) is 9.84. The maximum Gasteiger partial charge on any atom is 0.269 e. The van der Waals surface area contributed by atoms with E-state index in [9.17, 15) is 10.1 Å². The van der Waals surface area contributed by atoms with Gasteiger partial charge in [0.25, 0.3) is 5.69 Å². The summed E-state index contributed by atoms with van der Waals surface area (Å²) in [5.74, 6) is 0. The van der Waals surface area contributed by atoms with Gasteiger partial charge in [-0.2, -0.15) is 0 Å². The molecule has 4 nitrogen and oxygen atoms in total. The highest BCUT2D eigenvalue weighted by Gasteiger charge is 2.03. The number of nitrogens with zero attached hydrogens (tertiary/aromatic N) is 1. The highest BCUT2D eigenvalue weighted by Crippen LogP contribution is 2.15. The third kappa shape index (κ3) is 3.62. The number of hydrogen-bond acceptors (Lipinski definition) is 3. The lowest BCUT2D eigenvalue weighted by Crippen LogP contribution is -2.09. The van der Waals surface area contributed by atoms with Gasteiger partial charge in [-0.05, 0) is 26.0 Å². The first-order valence-corrected chi connectivity index (χ1v) is 4.10. The largest absolute Gasteiger partial charge is 0.383 e. The summed E-state index contributed by atoms with van der Waals surface area (Å²) in [7, 11) is 0. The van der Waals surface area contributed by atoms with E-state index in [0.717, 1.165) is 5.69 Å². The molecule has 0 heterocycles. The molecular formula is C9H13ClN2O2. The number of hydrogen-bond donors (Lipinski definition) is 1. The molecule has 0 aromatic heterocycles. The normalized spacial score (nSPS) is 9.36. The summed E-state index contributed by atoms with van der Waals surface area (Å²) >= 11 is 0. The molecule has 1 N–H and O–H groups in total. The fourth-order valence-electron chi connectivity index (χ4n) is 1.01. The number of anilines is 1. The smallest absolute Gasteiger partial charge is 0.269 e. The maximum absolute atomic E-state index is 10.3. The van der Waals surface area contributed by atoms with Crippen molar-refractivity contribution in [2.75, 3.05) is 5.32 Å². The summed E-state index contributed by atoms with van der Waals surface area (Å²) in [4.78, 5) is 9.92. The van der Waals surface area contributed by atoms with Crippen molar-refractivity contribution < 1.29 is 4.92 Å². The molecule has 1 rings (SSSR count). The molecule has 0 bridgehead atoms. The number of halogens is 1. The fraction of sp³-hybridized carbons (Fsp3) is 0.333. The SMILES string of the molecule is CC(C)Nc1ccc([N+](=O)[O-])cc1.Cl. The molecular weight excluding hydrogens is 204 g/mol. The van der Waals surface area contributed by atoms with Crippen molar-refractivity contribution in [1.82, 2.24) is 0 Å². The summed E-state index contributed by atoms with van der Waals surface area (Å²) in [5, 5.41) is 13.5. The molecule has 0 aliphatic heterocycles. The standard InChI is InChI=1S/C9H12N2O2.ClH/c1-7(2)10-8-3-5-9(6-4-8)11(12)13;/h3-7,10H,1-2H3;1H. The number of rotatable bonds is 3. The Morgan fingerprint density at radius 1 is 1.29 bits per heavy atom. The van der Waals surface area contributed by atoms with Crippen LogP contribution in [-0.4, -0.2) is 11.0 Å². The second-order valence-corrected chi connectivity index (χ2v) is 3.10. The maximum atomic E-state index is 10.3. The molecule has 0 aliphatic rings. The van der Waals surface area contributed by atoms with Crippen LogP contribution in [0, 0.1) is 10.1 Å². The Hall–Kier alpha value is -1.29. The van der Waals surface area contributed by atoms with Crippen LogP contribution in [0.4, 0.5) is 11.4 Å². The van der Waals surface area contributed by atoms with Crippen LogP contribution in [0.2, 0.25) is 0 Å². The number of non-ortho nitro benzene ring substituents is 1. The zero-order valence-corrected chi connectivity index (χ0v) is 8.88. The van der Waals surface area contributed by atoms with Crippen molar-refractivity contribution in [3.8, 4) is 0 Å². The van der Waals surface area contributed by atoms with E-state index in [2.05, 4.69) is 5.32 Å². The Kier molecular flexibility index (Phi) is 4.94. The lowest BCUT2D eigenvalue weighted by Gasteiger charge is -2.08. The number of nitrogens with one attached hydrogen (secondary N) is 1. The van der Waals surface area contributed by atoms with E-state index < -0.39 is 4.92 Å². The van der Waals surface area contributed by atoms with Crippen molar-refractivity contribution in [3.63, 3.8) is 0 Å². The predicted octanol–water partition coefficient (Wildman–Crippen LogP) is 2.84. The van der Waals surface area contributed by atoms with Crippen LogP contribution in [0.5, 0.6) is 0 Å². The second-order valence-electron chi connectivity index (χ2n) is 3.10. The summed E-state index contributed by atoms with van der Waals surface area (Å²) in [6, 6.07) is 6.73. The molecule has 5 heteroatoms. The molecule has 14 heavy (non-hydrogen) atoms. The van der Waals surface area contributed by atoms with E-state index in [0.29, 0.717) is 6.04 Å². The van der Waals surface area contributed by atoms with Gasteiger partial charge in [0.1, 0.15) is 0 Å². The molecule has 0 amide bonds. The Labute approximate surface area is 88.9 Å². The minimum Gasteiger partial charge on any atom is -0.383 e. The van der Waals surface area contributed by atoms with E-state index in [4.69, 9.17) is 0 Å². The number of benzene rings is 1. The van der Waals surface area contributed by atoms with Crippen molar-refractivity contribution in [2.24, 2.45) is 0 Å². The van der Waals surface area contributed by atoms with Gasteiger partial charge in [0.05, 0.1) is 4.92 Å². The van der Waals surface area contributed by atoms with Gasteiger partial charge in [-0.1, -0.05) is 0 Å². The summed E-state index contributed by atoms with van der Waals surface area (Å²) < 4.78 is 0. The van der Waals surface area contributed by atoms with Gasteiger partial charge < -0.3 is 5.32 Å². The first kappa shape index (κ1) is 12.7. The molecule has 0 atom stereocenters. The van der Waals surface area contributed by atoms with E-state index in [-0.39, 0.29) is 18.1 Å². The highest BCUT2D eigenvalue weighted by molar-refractivity contribution is 5.85.